The molecule has 0 aliphatic heterocycles. The second-order valence-corrected chi connectivity index (χ2v) is 7.70. The molecule has 2 aromatic carbocycles. The first-order valence-corrected chi connectivity index (χ1v) is 9.46. The summed E-state index contributed by atoms with van der Waals surface area (Å²) in [5.41, 5.74) is 0.638. The van der Waals surface area contributed by atoms with E-state index in [1.807, 2.05) is 0 Å². The van der Waals surface area contributed by atoms with Crippen molar-refractivity contribution in [3.05, 3.63) is 58.4 Å². The van der Waals surface area contributed by atoms with Crippen LogP contribution in [0, 0.1) is 12.7 Å². The number of hydrogen-bond donors (Lipinski definition) is 2. The first-order valence-electron chi connectivity index (χ1n) is 7.60. The van der Waals surface area contributed by atoms with E-state index in [0.29, 0.717) is 5.56 Å². The summed E-state index contributed by atoms with van der Waals surface area (Å²) in [6, 6.07) is 7.47. The summed E-state index contributed by atoms with van der Waals surface area (Å²) in [5.74, 6) is -2.18. The summed E-state index contributed by atoms with van der Waals surface area (Å²) in [6.07, 6.45) is 0. The fourth-order valence-electron chi connectivity index (χ4n) is 2.14. The lowest BCUT2D eigenvalue weighted by atomic mass is 10.2. The molecule has 0 aliphatic rings. The van der Waals surface area contributed by atoms with E-state index in [0.717, 1.165) is 18.2 Å². The van der Waals surface area contributed by atoms with Crippen molar-refractivity contribution in [3.63, 3.8) is 0 Å². The van der Waals surface area contributed by atoms with Gasteiger partial charge in [-0.25, -0.2) is 22.3 Å². The van der Waals surface area contributed by atoms with E-state index >= 15 is 0 Å². The van der Waals surface area contributed by atoms with Gasteiger partial charge >= 0.3 is 5.97 Å². The lowest BCUT2D eigenvalue weighted by Gasteiger charge is -2.11. The molecule has 0 spiro atoms. The number of hydrogen-bond acceptors (Lipinski definition) is 5. The van der Waals surface area contributed by atoms with Crippen LogP contribution in [0.2, 0.25) is 5.02 Å². The highest BCUT2D eigenvalue weighted by atomic mass is 35.5. The van der Waals surface area contributed by atoms with E-state index in [4.69, 9.17) is 16.3 Å². The Bertz CT molecular complexity index is 995. The molecule has 144 valence electrons. The summed E-state index contributed by atoms with van der Waals surface area (Å²) >= 11 is 5.75. The summed E-state index contributed by atoms with van der Waals surface area (Å²) in [4.78, 5) is 23.9. The zero-order chi connectivity index (χ0) is 20.2. The molecular weight excluding hydrogens is 399 g/mol. The first kappa shape index (κ1) is 20.8. The number of rotatable bonds is 6. The van der Waals surface area contributed by atoms with Crippen LogP contribution in [0.15, 0.2) is 41.3 Å². The Morgan fingerprint density at radius 2 is 1.89 bits per heavy atom. The molecule has 2 N–H and O–H groups in total. The van der Waals surface area contributed by atoms with Gasteiger partial charge in [-0.2, -0.15) is 0 Å². The number of carbonyl (C=O) groups is 2. The van der Waals surface area contributed by atoms with E-state index < -0.39 is 34.3 Å². The fraction of sp³-hybridized carbons (Fsp3) is 0.176. The molecule has 0 saturated heterocycles. The Morgan fingerprint density at radius 1 is 1.19 bits per heavy atom. The summed E-state index contributed by atoms with van der Waals surface area (Å²) in [6.45, 7) is 0.985. The summed E-state index contributed by atoms with van der Waals surface area (Å²) in [5, 5.41) is 2.30. The number of amides is 1. The maximum atomic E-state index is 13.0. The van der Waals surface area contributed by atoms with Crippen LogP contribution in [-0.2, 0) is 19.6 Å². The Morgan fingerprint density at radius 3 is 2.52 bits per heavy atom. The Labute approximate surface area is 160 Å². The van der Waals surface area contributed by atoms with Crippen molar-refractivity contribution in [1.29, 1.82) is 0 Å². The first-order chi connectivity index (χ1) is 12.6. The number of halogens is 2. The van der Waals surface area contributed by atoms with Crippen molar-refractivity contribution in [1.82, 2.24) is 4.72 Å². The van der Waals surface area contributed by atoms with Gasteiger partial charge in [0.1, 0.15) is 5.82 Å². The van der Waals surface area contributed by atoms with Gasteiger partial charge in [-0.1, -0.05) is 17.7 Å². The maximum Gasteiger partial charge on any atom is 0.340 e. The number of aryl methyl sites for hydroxylation is 1. The average Bonchev–Trinajstić information content (AvgIpc) is 2.61. The van der Waals surface area contributed by atoms with Gasteiger partial charge in [-0.3, -0.25) is 4.79 Å². The van der Waals surface area contributed by atoms with Gasteiger partial charge in [0.2, 0.25) is 10.0 Å². The molecule has 0 unspecified atom stereocenters. The number of benzene rings is 2. The van der Waals surface area contributed by atoms with E-state index in [2.05, 4.69) is 10.0 Å². The highest BCUT2D eigenvalue weighted by Gasteiger charge is 2.17. The number of carbonyl (C=O) groups excluding carboxylic acids is 2. The molecule has 0 radical (unpaired) electrons. The average molecular weight is 415 g/mol. The molecule has 0 heterocycles. The van der Waals surface area contributed by atoms with Crippen molar-refractivity contribution in [2.24, 2.45) is 0 Å². The minimum absolute atomic E-state index is 0.0119. The van der Waals surface area contributed by atoms with Crippen LogP contribution in [0.3, 0.4) is 0 Å². The van der Waals surface area contributed by atoms with Crippen LogP contribution < -0.4 is 10.0 Å². The molecule has 0 aliphatic carbocycles. The quantitative estimate of drug-likeness (QED) is 0.707. The minimum Gasteiger partial charge on any atom is -0.452 e. The molecule has 7 nitrogen and oxygen atoms in total. The maximum absolute atomic E-state index is 13.0. The van der Waals surface area contributed by atoms with Crippen LogP contribution in [0.5, 0.6) is 0 Å². The monoisotopic (exact) mass is 414 g/mol. The third-order valence-electron chi connectivity index (χ3n) is 3.52. The Hall–Kier alpha value is -2.49. The zero-order valence-electron chi connectivity index (χ0n) is 14.4. The second kappa shape index (κ2) is 8.47. The van der Waals surface area contributed by atoms with Crippen molar-refractivity contribution in [2.75, 3.05) is 19.0 Å². The van der Waals surface area contributed by atoms with Gasteiger partial charge in [0.25, 0.3) is 5.91 Å². The number of nitrogens with one attached hydrogen (secondary N) is 2. The number of ether oxygens (including phenoxy) is 1. The van der Waals surface area contributed by atoms with Crippen molar-refractivity contribution >= 4 is 39.2 Å². The normalized spacial score (nSPS) is 11.1. The summed E-state index contributed by atoms with van der Waals surface area (Å²) in [7, 11) is -2.41. The van der Waals surface area contributed by atoms with Gasteiger partial charge in [0.15, 0.2) is 6.61 Å². The van der Waals surface area contributed by atoms with Crippen LogP contribution in [0.25, 0.3) is 0 Å². The lowest BCUT2D eigenvalue weighted by molar-refractivity contribution is -0.119. The van der Waals surface area contributed by atoms with Gasteiger partial charge in [-0.05, 0) is 49.9 Å². The highest BCUT2D eigenvalue weighted by molar-refractivity contribution is 7.89. The molecule has 2 rings (SSSR count). The van der Waals surface area contributed by atoms with Crippen LogP contribution in [0.4, 0.5) is 10.1 Å². The smallest absolute Gasteiger partial charge is 0.340 e. The number of sulfonamides is 1. The van der Waals surface area contributed by atoms with Gasteiger partial charge in [-0.15, -0.1) is 0 Å². The minimum atomic E-state index is -3.69. The molecule has 2 aromatic rings. The molecule has 0 aromatic heterocycles. The van der Waals surface area contributed by atoms with Crippen LogP contribution in [-0.4, -0.2) is 33.9 Å². The molecule has 1 amide bonds. The van der Waals surface area contributed by atoms with Crippen molar-refractivity contribution in [2.45, 2.75) is 11.8 Å². The number of esters is 1. The van der Waals surface area contributed by atoms with Gasteiger partial charge in [0, 0.05) is 5.69 Å². The van der Waals surface area contributed by atoms with E-state index in [1.54, 1.807) is 6.92 Å². The largest absolute Gasteiger partial charge is 0.452 e. The molecule has 10 heteroatoms. The second-order valence-electron chi connectivity index (χ2n) is 5.44. The standard InChI is InChI=1S/C17H16ClFN2O5S/c1-10-3-5-12(8-15(10)27(24,25)20-2)21-16(22)9-26-17(23)13-6-4-11(19)7-14(13)18/h3-8,20H,9H2,1-2H3,(H,21,22). The number of anilines is 1. The molecule has 0 fully saturated rings. The Kier molecular flexibility index (Phi) is 6.53. The van der Waals surface area contributed by atoms with E-state index in [9.17, 15) is 22.4 Å². The Balaban J connectivity index is 2.04. The summed E-state index contributed by atoms with van der Waals surface area (Å²) < 4.78 is 43.9. The van der Waals surface area contributed by atoms with Crippen LogP contribution in [0.1, 0.15) is 15.9 Å². The fourth-order valence-corrected chi connectivity index (χ4v) is 3.38. The van der Waals surface area contributed by atoms with Gasteiger partial charge in [0.05, 0.1) is 15.5 Å². The highest BCUT2D eigenvalue weighted by Crippen LogP contribution is 2.20. The molecule has 0 atom stereocenters. The molecule has 0 saturated carbocycles. The molecule has 27 heavy (non-hydrogen) atoms. The lowest BCUT2D eigenvalue weighted by Crippen LogP contribution is -2.22. The van der Waals surface area contributed by atoms with E-state index in [-0.39, 0.29) is 21.2 Å². The third kappa shape index (κ3) is 5.25. The van der Waals surface area contributed by atoms with Gasteiger partial charge < -0.3 is 10.1 Å². The molecular formula is C17H16ClFN2O5S. The zero-order valence-corrected chi connectivity index (χ0v) is 15.9. The molecule has 0 bridgehead atoms. The van der Waals surface area contributed by atoms with Crippen LogP contribution >= 0.6 is 11.6 Å². The van der Waals surface area contributed by atoms with Crippen molar-refractivity contribution < 1.29 is 27.1 Å². The van der Waals surface area contributed by atoms with E-state index in [1.165, 1.54) is 25.2 Å². The third-order valence-corrected chi connectivity index (χ3v) is 5.38. The predicted molar refractivity (Wildman–Crippen MR) is 97.7 cm³/mol. The SMILES string of the molecule is CNS(=O)(=O)c1cc(NC(=O)COC(=O)c2ccc(F)cc2Cl)ccc1C. The predicted octanol–water partition coefficient (Wildman–Crippen LogP) is 2.49. The topological polar surface area (TPSA) is 102 Å². The van der Waals surface area contributed by atoms with Crippen molar-refractivity contribution in [3.8, 4) is 0 Å².